The van der Waals surface area contributed by atoms with Crippen molar-refractivity contribution < 1.29 is 34.8 Å². The topological polar surface area (TPSA) is 132 Å². The number of hydrogen-bond donors (Lipinski definition) is 4. The van der Waals surface area contributed by atoms with Gasteiger partial charge in [-0.3, -0.25) is 9.59 Å². The van der Waals surface area contributed by atoms with Gasteiger partial charge in [-0.1, -0.05) is 24.3 Å². The third kappa shape index (κ3) is 2.02. The second kappa shape index (κ2) is 5.31. The van der Waals surface area contributed by atoms with Crippen LogP contribution < -0.4 is 0 Å². The van der Waals surface area contributed by atoms with E-state index in [4.69, 9.17) is 0 Å². The number of carboxylic acids is 1. The summed E-state index contributed by atoms with van der Waals surface area (Å²) < 4.78 is 0. The van der Waals surface area contributed by atoms with Gasteiger partial charge in [0.05, 0.1) is 6.10 Å². The summed E-state index contributed by atoms with van der Waals surface area (Å²) in [5.74, 6) is -2.52. The molecular weight excluding hydrogens is 340 g/mol. The molecule has 0 bridgehead atoms. The first kappa shape index (κ1) is 16.6. The molecule has 4 rings (SSSR count). The fraction of sp³-hybridized carbons (Fsp3) is 0.211. The van der Waals surface area contributed by atoms with Gasteiger partial charge in [0.2, 0.25) is 0 Å². The molecule has 4 N–H and O–H groups in total. The van der Waals surface area contributed by atoms with Crippen molar-refractivity contribution in [1.29, 1.82) is 0 Å². The van der Waals surface area contributed by atoms with Crippen LogP contribution in [0.4, 0.5) is 0 Å². The number of carbonyl (C=O) groups is 3. The molecule has 2 aliphatic carbocycles. The van der Waals surface area contributed by atoms with E-state index in [-0.39, 0.29) is 33.4 Å². The van der Waals surface area contributed by atoms with Gasteiger partial charge in [0.1, 0.15) is 6.10 Å². The highest BCUT2D eigenvalue weighted by molar-refractivity contribution is 6.28. The first-order chi connectivity index (χ1) is 12.3. The average Bonchev–Trinajstić information content (AvgIpc) is 2.63. The maximum Gasteiger partial charge on any atom is 0.340 e. The fourth-order valence-electron chi connectivity index (χ4n) is 3.70. The molecular formula is C19H14O7. The molecule has 0 amide bonds. The normalized spacial score (nSPS) is 26.7. The standard InChI is InChI=1S/C19H14O7/c20-14-7-19(26,18(24)25)13-6-11-10(5-12(13)17(14)23)15(21)8-3-1-2-4-9(8)16(11)22/h1-6,14,17,20,23,26H,7H2,(H,24,25). The van der Waals surface area contributed by atoms with Crippen LogP contribution in [0.2, 0.25) is 0 Å². The van der Waals surface area contributed by atoms with Crippen LogP contribution in [0.3, 0.4) is 0 Å². The van der Waals surface area contributed by atoms with Gasteiger partial charge in [-0.2, -0.15) is 0 Å². The van der Waals surface area contributed by atoms with Crippen LogP contribution in [-0.2, 0) is 10.4 Å². The highest BCUT2D eigenvalue weighted by atomic mass is 16.4. The number of aliphatic carboxylic acids is 1. The van der Waals surface area contributed by atoms with Gasteiger partial charge < -0.3 is 20.4 Å². The summed E-state index contributed by atoms with van der Waals surface area (Å²) in [5, 5.41) is 40.2. The van der Waals surface area contributed by atoms with Gasteiger partial charge in [0.25, 0.3) is 0 Å². The molecule has 3 atom stereocenters. The number of aliphatic hydroxyl groups is 3. The Kier molecular flexibility index (Phi) is 3.39. The Hall–Kier alpha value is -2.87. The van der Waals surface area contributed by atoms with E-state index >= 15 is 0 Å². The van der Waals surface area contributed by atoms with Crippen molar-refractivity contribution in [2.45, 2.75) is 24.2 Å². The third-order valence-electron chi connectivity index (χ3n) is 5.08. The lowest BCUT2D eigenvalue weighted by Crippen LogP contribution is -2.46. The van der Waals surface area contributed by atoms with E-state index in [1.807, 2.05) is 0 Å². The largest absolute Gasteiger partial charge is 0.479 e. The molecule has 0 radical (unpaired) electrons. The van der Waals surface area contributed by atoms with Crippen LogP contribution in [0.15, 0.2) is 36.4 Å². The zero-order chi connectivity index (χ0) is 18.8. The Morgan fingerprint density at radius 1 is 0.962 bits per heavy atom. The van der Waals surface area contributed by atoms with Gasteiger partial charge >= 0.3 is 5.97 Å². The van der Waals surface area contributed by atoms with Crippen molar-refractivity contribution in [2.75, 3.05) is 0 Å². The van der Waals surface area contributed by atoms with Crippen LogP contribution in [-0.4, -0.2) is 44.1 Å². The molecule has 7 nitrogen and oxygen atoms in total. The highest BCUT2D eigenvalue weighted by Gasteiger charge is 2.49. The molecule has 0 spiro atoms. The van der Waals surface area contributed by atoms with E-state index in [0.29, 0.717) is 0 Å². The first-order valence-electron chi connectivity index (χ1n) is 7.94. The highest BCUT2D eigenvalue weighted by Crippen LogP contribution is 2.43. The van der Waals surface area contributed by atoms with E-state index in [1.165, 1.54) is 18.2 Å². The van der Waals surface area contributed by atoms with Gasteiger partial charge in [-0.15, -0.1) is 0 Å². The smallest absolute Gasteiger partial charge is 0.340 e. The number of carboxylic acid groups (broad SMARTS) is 1. The lowest BCUT2D eigenvalue weighted by molar-refractivity contribution is -0.168. The van der Waals surface area contributed by atoms with E-state index in [1.54, 1.807) is 12.1 Å². The van der Waals surface area contributed by atoms with Gasteiger partial charge in [-0.25, -0.2) is 4.79 Å². The molecule has 0 heterocycles. The molecule has 132 valence electrons. The Morgan fingerprint density at radius 2 is 1.50 bits per heavy atom. The summed E-state index contributed by atoms with van der Waals surface area (Å²) in [6.07, 6.45) is -3.63. The number of fused-ring (bicyclic) bond motifs is 3. The number of ketones is 2. The molecule has 26 heavy (non-hydrogen) atoms. The van der Waals surface area contributed by atoms with Crippen molar-refractivity contribution in [3.05, 3.63) is 69.8 Å². The van der Waals surface area contributed by atoms with E-state index in [9.17, 15) is 34.8 Å². The van der Waals surface area contributed by atoms with E-state index in [0.717, 1.165) is 6.07 Å². The monoisotopic (exact) mass is 354 g/mol. The second-order valence-corrected chi connectivity index (χ2v) is 6.57. The quantitative estimate of drug-likeness (QED) is 0.501. The first-order valence-corrected chi connectivity index (χ1v) is 7.94. The fourth-order valence-corrected chi connectivity index (χ4v) is 3.70. The van der Waals surface area contributed by atoms with Crippen molar-refractivity contribution in [1.82, 2.24) is 0 Å². The van der Waals surface area contributed by atoms with Crippen LogP contribution in [0, 0.1) is 0 Å². The summed E-state index contributed by atoms with van der Waals surface area (Å²) in [5.41, 5.74) is -2.35. The van der Waals surface area contributed by atoms with E-state index in [2.05, 4.69) is 0 Å². The lowest BCUT2D eigenvalue weighted by atomic mass is 9.72. The van der Waals surface area contributed by atoms with Crippen molar-refractivity contribution >= 4 is 17.5 Å². The molecule has 3 unspecified atom stereocenters. The zero-order valence-corrected chi connectivity index (χ0v) is 13.3. The van der Waals surface area contributed by atoms with Crippen LogP contribution in [0.1, 0.15) is 55.5 Å². The summed E-state index contributed by atoms with van der Waals surface area (Å²) in [7, 11) is 0. The molecule has 2 aromatic rings. The number of benzene rings is 2. The molecule has 0 saturated heterocycles. The summed E-state index contributed by atoms with van der Waals surface area (Å²) in [6, 6.07) is 8.58. The number of carbonyl (C=O) groups excluding carboxylic acids is 2. The maximum absolute atomic E-state index is 12.8. The molecule has 0 aliphatic heterocycles. The molecule has 7 heteroatoms. The minimum Gasteiger partial charge on any atom is -0.479 e. The summed E-state index contributed by atoms with van der Waals surface area (Å²) in [4.78, 5) is 37.1. The second-order valence-electron chi connectivity index (χ2n) is 6.57. The van der Waals surface area contributed by atoms with Crippen LogP contribution >= 0.6 is 0 Å². The molecule has 0 fully saturated rings. The number of hydrogen-bond acceptors (Lipinski definition) is 6. The predicted molar refractivity (Wildman–Crippen MR) is 86.9 cm³/mol. The number of rotatable bonds is 1. The number of aliphatic hydroxyl groups excluding tert-OH is 2. The van der Waals surface area contributed by atoms with E-state index < -0.39 is 41.8 Å². The average molecular weight is 354 g/mol. The SMILES string of the molecule is O=C1c2ccccc2C(=O)c2cc3c(cc21)C(O)C(O)CC3(O)C(=O)O. The summed E-state index contributed by atoms with van der Waals surface area (Å²) in [6.45, 7) is 0. The van der Waals surface area contributed by atoms with Gasteiger partial charge in [0.15, 0.2) is 17.2 Å². The Balaban J connectivity index is 2.01. The van der Waals surface area contributed by atoms with Gasteiger partial charge in [-0.05, 0) is 17.7 Å². The maximum atomic E-state index is 12.8. The van der Waals surface area contributed by atoms with Crippen molar-refractivity contribution in [3.8, 4) is 0 Å². The minimum absolute atomic E-state index is 0.00772. The lowest BCUT2D eigenvalue weighted by Gasteiger charge is -2.37. The summed E-state index contributed by atoms with van der Waals surface area (Å²) >= 11 is 0. The Labute approximate surface area is 147 Å². The molecule has 0 saturated carbocycles. The van der Waals surface area contributed by atoms with Crippen LogP contribution in [0.5, 0.6) is 0 Å². The molecule has 0 aromatic heterocycles. The Bertz CT molecular complexity index is 993. The minimum atomic E-state index is -2.47. The molecule has 2 aliphatic rings. The third-order valence-corrected chi connectivity index (χ3v) is 5.08. The van der Waals surface area contributed by atoms with Crippen LogP contribution in [0.25, 0.3) is 0 Å². The molecule has 2 aromatic carbocycles. The van der Waals surface area contributed by atoms with Crippen molar-refractivity contribution in [2.24, 2.45) is 0 Å². The Morgan fingerprint density at radius 3 is 2.04 bits per heavy atom. The predicted octanol–water partition coefficient (Wildman–Crippen LogP) is 0.532. The zero-order valence-electron chi connectivity index (χ0n) is 13.3. The van der Waals surface area contributed by atoms with Gasteiger partial charge in [0, 0.05) is 34.2 Å². The van der Waals surface area contributed by atoms with Crippen molar-refractivity contribution in [3.63, 3.8) is 0 Å².